The summed E-state index contributed by atoms with van der Waals surface area (Å²) in [7, 11) is 1.65. The summed E-state index contributed by atoms with van der Waals surface area (Å²) < 4.78 is 22.9. The van der Waals surface area contributed by atoms with E-state index >= 15 is 0 Å². The molecule has 2 bridgehead atoms. The first kappa shape index (κ1) is 29.6. The van der Waals surface area contributed by atoms with Crippen molar-refractivity contribution in [2.45, 2.75) is 33.2 Å². The number of amides is 1. The molecule has 44 heavy (non-hydrogen) atoms. The topological polar surface area (TPSA) is 86.9 Å². The molecule has 0 atom stereocenters. The Morgan fingerprint density at radius 3 is 2.68 bits per heavy atom. The van der Waals surface area contributed by atoms with Gasteiger partial charge in [0, 0.05) is 36.0 Å². The Labute approximate surface area is 261 Å². The zero-order valence-electron chi connectivity index (χ0n) is 25.2. The third-order valence-corrected chi connectivity index (χ3v) is 8.63. The fraction of sp³-hybridized carbons (Fsp3) is 0.286. The van der Waals surface area contributed by atoms with E-state index in [0.29, 0.717) is 39.3 Å². The summed E-state index contributed by atoms with van der Waals surface area (Å²) in [5.41, 5.74) is 7.92. The number of rotatable bonds is 5. The van der Waals surface area contributed by atoms with E-state index in [1.54, 1.807) is 7.11 Å². The van der Waals surface area contributed by atoms with Gasteiger partial charge in [0.05, 0.1) is 38.1 Å². The monoisotopic (exact) mass is 609 g/mol. The number of aromatic nitrogens is 2. The van der Waals surface area contributed by atoms with E-state index in [9.17, 15) is 4.79 Å². The Bertz CT molecular complexity index is 1740. The number of carbonyl (C=O) groups is 1. The average Bonchev–Trinajstić information content (AvgIpc) is 3.64. The van der Waals surface area contributed by atoms with Crippen molar-refractivity contribution in [2.75, 3.05) is 33.5 Å². The highest BCUT2D eigenvalue weighted by Gasteiger charge is 2.19. The molecule has 2 aromatic heterocycles. The molecule has 8 nitrogen and oxygen atoms in total. The van der Waals surface area contributed by atoms with E-state index in [2.05, 4.69) is 41.6 Å². The highest BCUT2D eigenvalue weighted by molar-refractivity contribution is 7.13. The van der Waals surface area contributed by atoms with Crippen LogP contribution in [-0.2, 0) is 28.9 Å². The fourth-order valence-electron chi connectivity index (χ4n) is 5.51. The predicted octanol–water partition coefficient (Wildman–Crippen LogP) is 6.66. The van der Waals surface area contributed by atoms with Gasteiger partial charge in [0.25, 0.3) is 0 Å². The normalized spacial score (nSPS) is 13.9. The maximum atomic E-state index is 13.6. The summed E-state index contributed by atoms with van der Waals surface area (Å²) in [6, 6.07) is 22.4. The van der Waals surface area contributed by atoms with Gasteiger partial charge in [-0.15, -0.1) is 11.3 Å². The maximum absolute atomic E-state index is 13.6. The van der Waals surface area contributed by atoms with Crippen LogP contribution in [0.5, 0.6) is 11.5 Å². The average molecular weight is 610 g/mol. The first-order valence-electron chi connectivity index (χ1n) is 14.7. The van der Waals surface area contributed by atoms with Gasteiger partial charge in [0.1, 0.15) is 28.9 Å². The lowest BCUT2D eigenvalue weighted by molar-refractivity contribution is -0.132. The molecular weight excluding hydrogens is 574 g/mol. The zero-order chi connectivity index (χ0) is 30.5. The van der Waals surface area contributed by atoms with E-state index in [0.717, 1.165) is 67.0 Å². The summed E-state index contributed by atoms with van der Waals surface area (Å²) in [6.07, 6.45) is 0.905. The van der Waals surface area contributed by atoms with Gasteiger partial charge in [-0.05, 0) is 60.4 Å². The van der Waals surface area contributed by atoms with Gasteiger partial charge < -0.3 is 23.6 Å². The third-order valence-electron chi connectivity index (χ3n) is 7.69. The number of hydrogen-bond acceptors (Lipinski definition) is 8. The first-order chi connectivity index (χ1) is 21.5. The lowest BCUT2D eigenvalue weighted by atomic mass is 9.96. The van der Waals surface area contributed by atoms with E-state index in [-0.39, 0.29) is 12.3 Å². The Morgan fingerprint density at radius 2 is 1.84 bits per heavy atom. The number of ether oxygens (including phenoxy) is 3. The number of hydrogen-bond donors (Lipinski definition) is 0. The molecule has 3 aromatic carbocycles. The van der Waals surface area contributed by atoms with Gasteiger partial charge in [-0.25, -0.2) is 4.98 Å². The van der Waals surface area contributed by atoms with Crippen LogP contribution in [0.3, 0.4) is 0 Å². The molecule has 9 heteroatoms. The van der Waals surface area contributed by atoms with Crippen LogP contribution in [0.4, 0.5) is 0 Å². The van der Waals surface area contributed by atoms with Crippen LogP contribution in [-0.4, -0.2) is 54.4 Å². The second-order valence-electron chi connectivity index (χ2n) is 10.8. The van der Waals surface area contributed by atoms with Gasteiger partial charge in [0.15, 0.2) is 0 Å². The summed E-state index contributed by atoms with van der Waals surface area (Å²) >= 11 is 1.53. The van der Waals surface area contributed by atoms with Crippen LogP contribution in [0.1, 0.15) is 33.8 Å². The van der Waals surface area contributed by atoms with Crippen LogP contribution in [0.2, 0.25) is 0 Å². The van der Waals surface area contributed by atoms with E-state index in [1.807, 2.05) is 54.5 Å². The van der Waals surface area contributed by atoms with Crippen LogP contribution in [0.15, 0.2) is 76.6 Å². The number of nitrogens with zero attached hydrogens (tertiary/aromatic N) is 3. The smallest absolute Gasteiger partial charge is 0.228 e. The summed E-state index contributed by atoms with van der Waals surface area (Å²) in [5.74, 6) is 2.41. The molecule has 1 amide bonds. The van der Waals surface area contributed by atoms with Crippen molar-refractivity contribution in [1.82, 2.24) is 15.0 Å². The fourth-order valence-corrected chi connectivity index (χ4v) is 6.33. The molecule has 0 unspecified atom stereocenters. The van der Waals surface area contributed by atoms with Crippen molar-refractivity contribution in [2.24, 2.45) is 0 Å². The van der Waals surface area contributed by atoms with Crippen molar-refractivity contribution >= 4 is 17.2 Å². The maximum Gasteiger partial charge on any atom is 0.228 e. The van der Waals surface area contributed by atoms with Crippen molar-refractivity contribution in [3.63, 3.8) is 0 Å². The molecule has 1 aliphatic rings. The van der Waals surface area contributed by atoms with E-state index in [1.165, 1.54) is 11.3 Å². The zero-order valence-corrected chi connectivity index (χ0v) is 26.0. The molecule has 0 saturated carbocycles. The van der Waals surface area contributed by atoms with Crippen molar-refractivity contribution in [3.8, 4) is 33.2 Å². The second kappa shape index (κ2) is 13.4. The first-order valence-corrected chi connectivity index (χ1v) is 15.6. The molecule has 3 heterocycles. The van der Waals surface area contributed by atoms with Crippen LogP contribution < -0.4 is 9.47 Å². The lowest BCUT2D eigenvalue weighted by Crippen LogP contribution is -2.35. The molecule has 5 aromatic rings. The second-order valence-corrected chi connectivity index (χ2v) is 11.7. The molecule has 0 N–H and O–H groups in total. The van der Waals surface area contributed by atoms with E-state index < -0.39 is 0 Å². The summed E-state index contributed by atoms with van der Waals surface area (Å²) in [4.78, 5) is 20.2. The minimum atomic E-state index is 0.0132. The number of benzene rings is 3. The number of thiazole rings is 1. The summed E-state index contributed by atoms with van der Waals surface area (Å²) in [6.45, 7) is 6.11. The van der Waals surface area contributed by atoms with Crippen molar-refractivity contribution in [3.05, 3.63) is 106 Å². The Balaban J connectivity index is 1.22. The molecular formula is C35H35N3O5S. The SMILES string of the molecule is COc1cccc(-c2nc(CC(=O)N3CCOCCOc4ccc(-c5c(C)noc5C)cc4Cc4cccc(c4)C3)cs2)c1. The summed E-state index contributed by atoms with van der Waals surface area (Å²) in [5, 5.41) is 6.95. The molecule has 6 rings (SSSR count). The van der Waals surface area contributed by atoms with Gasteiger partial charge >= 0.3 is 0 Å². The highest BCUT2D eigenvalue weighted by Crippen LogP contribution is 2.33. The van der Waals surface area contributed by atoms with Gasteiger partial charge in [-0.3, -0.25) is 4.79 Å². The highest BCUT2D eigenvalue weighted by atomic mass is 32.1. The van der Waals surface area contributed by atoms with Gasteiger partial charge in [-0.1, -0.05) is 47.6 Å². The predicted molar refractivity (Wildman–Crippen MR) is 170 cm³/mol. The Hall–Kier alpha value is -4.47. The number of fused-ring (bicyclic) bond motifs is 3. The Morgan fingerprint density at radius 1 is 0.977 bits per heavy atom. The third kappa shape index (κ3) is 6.85. The van der Waals surface area contributed by atoms with Crippen molar-refractivity contribution < 1.29 is 23.5 Å². The Kier molecular flexibility index (Phi) is 9.04. The molecule has 0 fully saturated rings. The largest absolute Gasteiger partial charge is 0.497 e. The van der Waals surface area contributed by atoms with Crippen LogP contribution in [0.25, 0.3) is 21.7 Å². The molecule has 0 saturated heterocycles. The minimum Gasteiger partial charge on any atom is -0.497 e. The molecule has 0 radical (unpaired) electrons. The van der Waals surface area contributed by atoms with Gasteiger partial charge in [-0.2, -0.15) is 0 Å². The standard InChI is InChI=1S/C35H35N3O5S/c1-23-34(24(2)43-37-23)27-10-11-32-29(18-27)17-25-6-4-7-26(16-25)21-38(12-13-41-14-15-42-32)33(39)20-30-22-44-35(36-30)28-8-5-9-31(19-28)40-3/h4-11,16,18-19,22H,12-15,17,20-21H2,1-3H3. The number of aryl methyl sites for hydroxylation is 2. The van der Waals surface area contributed by atoms with Crippen LogP contribution in [0, 0.1) is 13.8 Å². The minimum absolute atomic E-state index is 0.0132. The molecule has 0 aliphatic carbocycles. The number of carbonyl (C=O) groups excluding carboxylic acids is 1. The van der Waals surface area contributed by atoms with Crippen molar-refractivity contribution in [1.29, 1.82) is 0 Å². The van der Waals surface area contributed by atoms with Gasteiger partial charge in [0.2, 0.25) is 5.91 Å². The molecule has 0 spiro atoms. The molecule has 1 aliphatic heterocycles. The quantitative estimate of drug-likeness (QED) is 0.220. The number of methoxy groups -OCH3 is 1. The van der Waals surface area contributed by atoms with Crippen LogP contribution >= 0.6 is 11.3 Å². The van der Waals surface area contributed by atoms with E-state index in [4.69, 9.17) is 23.7 Å². The lowest BCUT2D eigenvalue weighted by Gasteiger charge is -2.23. The molecule has 226 valence electrons.